The number of piperidine rings is 1. The van der Waals surface area contributed by atoms with Crippen molar-refractivity contribution < 1.29 is 9.53 Å². The summed E-state index contributed by atoms with van der Waals surface area (Å²) < 4.78 is 5.86. The highest BCUT2D eigenvalue weighted by atomic mass is 16.5. The Labute approximate surface area is 149 Å². The molecule has 0 aliphatic carbocycles. The minimum Gasteiger partial charge on any atom is -0.483 e. The van der Waals surface area contributed by atoms with Gasteiger partial charge in [-0.25, -0.2) is 0 Å². The number of amides is 1. The fraction of sp³-hybridized carbons (Fsp3) is 0.476. The third-order valence-electron chi connectivity index (χ3n) is 5.58. The van der Waals surface area contributed by atoms with E-state index in [1.165, 1.54) is 25.9 Å². The number of fused-ring (bicyclic) bond motifs is 1. The summed E-state index contributed by atoms with van der Waals surface area (Å²) >= 11 is 0. The number of benzene rings is 2. The lowest BCUT2D eigenvalue weighted by molar-refractivity contribution is -0.134. The second-order valence-electron chi connectivity index (χ2n) is 7.12. The van der Waals surface area contributed by atoms with E-state index >= 15 is 0 Å². The molecule has 2 aromatic rings. The molecular formula is C21H26N2O2. The number of carbonyl (C=O) groups excluding carboxylic acids is 1. The molecule has 25 heavy (non-hydrogen) atoms. The van der Waals surface area contributed by atoms with Crippen LogP contribution in [0.4, 0.5) is 0 Å². The van der Waals surface area contributed by atoms with Gasteiger partial charge in [0.1, 0.15) is 5.75 Å². The Morgan fingerprint density at radius 1 is 0.960 bits per heavy atom. The van der Waals surface area contributed by atoms with Gasteiger partial charge in [0, 0.05) is 24.5 Å². The first-order valence-corrected chi connectivity index (χ1v) is 9.44. The van der Waals surface area contributed by atoms with Crippen LogP contribution in [-0.2, 0) is 4.79 Å². The van der Waals surface area contributed by atoms with Crippen molar-refractivity contribution in [3.63, 3.8) is 0 Å². The molecule has 2 fully saturated rings. The van der Waals surface area contributed by atoms with Crippen LogP contribution in [0.5, 0.6) is 5.75 Å². The highest BCUT2D eigenvalue weighted by molar-refractivity contribution is 5.88. The molecule has 4 heteroatoms. The number of ether oxygens (including phenoxy) is 1. The molecule has 0 spiro atoms. The molecule has 0 N–H and O–H groups in total. The van der Waals surface area contributed by atoms with Gasteiger partial charge in [-0.1, -0.05) is 36.4 Å². The summed E-state index contributed by atoms with van der Waals surface area (Å²) in [5.74, 6) is 0.895. The van der Waals surface area contributed by atoms with E-state index in [0.29, 0.717) is 6.04 Å². The van der Waals surface area contributed by atoms with Gasteiger partial charge in [-0.2, -0.15) is 0 Å². The lowest BCUT2D eigenvalue weighted by Crippen LogP contribution is -2.47. The molecule has 4 rings (SSSR count). The minimum absolute atomic E-state index is 0.104. The van der Waals surface area contributed by atoms with Gasteiger partial charge in [0.05, 0.1) is 0 Å². The average molecular weight is 338 g/mol. The van der Waals surface area contributed by atoms with Gasteiger partial charge in [0.2, 0.25) is 0 Å². The van der Waals surface area contributed by atoms with Crippen LogP contribution in [0.25, 0.3) is 10.8 Å². The smallest absolute Gasteiger partial charge is 0.260 e. The molecular weight excluding hydrogens is 312 g/mol. The molecule has 0 unspecified atom stereocenters. The van der Waals surface area contributed by atoms with Crippen LogP contribution >= 0.6 is 0 Å². The lowest BCUT2D eigenvalue weighted by atomic mass is 10.0. The van der Waals surface area contributed by atoms with Crippen molar-refractivity contribution in [3.8, 4) is 5.75 Å². The molecule has 4 nitrogen and oxygen atoms in total. The van der Waals surface area contributed by atoms with Crippen LogP contribution in [0.3, 0.4) is 0 Å². The van der Waals surface area contributed by atoms with E-state index in [0.717, 1.165) is 42.5 Å². The SMILES string of the molecule is O=C(COc1cccc2ccccc12)N1CCC(N2CCCC2)CC1. The molecule has 0 aromatic heterocycles. The molecule has 0 bridgehead atoms. The van der Waals surface area contributed by atoms with Gasteiger partial charge in [-0.15, -0.1) is 0 Å². The normalized spacial score (nSPS) is 19.4. The molecule has 1 amide bonds. The number of likely N-dealkylation sites (tertiary alicyclic amines) is 2. The average Bonchev–Trinajstić information content (AvgIpc) is 3.21. The van der Waals surface area contributed by atoms with E-state index in [1.807, 2.05) is 35.2 Å². The Hall–Kier alpha value is -2.07. The van der Waals surface area contributed by atoms with Crippen molar-refractivity contribution in [2.24, 2.45) is 0 Å². The third-order valence-corrected chi connectivity index (χ3v) is 5.58. The third kappa shape index (κ3) is 3.64. The van der Waals surface area contributed by atoms with Gasteiger partial charge >= 0.3 is 0 Å². The minimum atomic E-state index is 0.104. The maximum Gasteiger partial charge on any atom is 0.260 e. The summed E-state index contributed by atoms with van der Waals surface area (Å²) in [4.78, 5) is 17.1. The Balaban J connectivity index is 1.32. The molecule has 2 aliphatic heterocycles. The number of carbonyl (C=O) groups is 1. The van der Waals surface area contributed by atoms with E-state index in [-0.39, 0.29) is 12.5 Å². The van der Waals surface area contributed by atoms with Gasteiger partial charge in [0.25, 0.3) is 5.91 Å². The maximum absolute atomic E-state index is 12.5. The zero-order chi connectivity index (χ0) is 17.1. The molecule has 132 valence electrons. The molecule has 2 aliphatic rings. The van der Waals surface area contributed by atoms with Gasteiger partial charge in [-0.3, -0.25) is 4.79 Å². The van der Waals surface area contributed by atoms with Crippen LogP contribution in [0.2, 0.25) is 0 Å². The molecule has 0 radical (unpaired) electrons. The maximum atomic E-state index is 12.5. The molecule has 2 saturated heterocycles. The van der Waals surface area contributed by atoms with Crippen molar-refractivity contribution in [1.82, 2.24) is 9.80 Å². The Bertz CT molecular complexity index is 726. The van der Waals surface area contributed by atoms with Crippen molar-refractivity contribution in [2.45, 2.75) is 31.7 Å². The van der Waals surface area contributed by atoms with E-state index in [9.17, 15) is 4.79 Å². The highest BCUT2D eigenvalue weighted by Crippen LogP contribution is 2.25. The zero-order valence-corrected chi connectivity index (χ0v) is 14.7. The highest BCUT2D eigenvalue weighted by Gasteiger charge is 2.28. The second-order valence-corrected chi connectivity index (χ2v) is 7.12. The van der Waals surface area contributed by atoms with Crippen LogP contribution < -0.4 is 4.74 Å². The summed E-state index contributed by atoms with van der Waals surface area (Å²) in [6.45, 7) is 4.33. The molecule has 2 aromatic carbocycles. The number of nitrogens with zero attached hydrogens (tertiary/aromatic N) is 2. The summed E-state index contributed by atoms with van der Waals surface area (Å²) in [6, 6.07) is 14.8. The lowest BCUT2D eigenvalue weighted by Gasteiger charge is -2.36. The Kier molecular flexibility index (Phi) is 4.88. The molecule has 0 saturated carbocycles. The van der Waals surface area contributed by atoms with E-state index in [4.69, 9.17) is 4.74 Å². The van der Waals surface area contributed by atoms with Gasteiger partial charge in [-0.05, 0) is 50.2 Å². The van der Waals surface area contributed by atoms with E-state index < -0.39 is 0 Å². The first-order valence-electron chi connectivity index (χ1n) is 9.44. The van der Waals surface area contributed by atoms with Gasteiger partial charge in [0.15, 0.2) is 6.61 Å². The fourth-order valence-corrected chi connectivity index (χ4v) is 4.14. The van der Waals surface area contributed by atoms with Crippen LogP contribution in [-0.4, -0.2) is 54.5 Å². The van der Waals surface area contributed by atoms with Crippen LogP contribution in [0.1, 0.15) is 25.7 Å². The fourth-order valence-electron chi connectivity index (χ4n) is 4.14. The van der Waals surface area contributed by atoms with Crippen molar-refractivity contribution in [2.75, 3.05) is 32.8 Å². The predicted molar refractivity (Wildman–Crippen MR) is 99.9 cm³/mol. The van der Waals surface area contributed by atoms with Crippen LogP contribution in [0, 0.1) is 0 Å². The molecule has 2 heterocycles. The summed E-state index contributed by atoms with van der Waals surface area (Å²) in [5.41, 5.74) is 0. The number of hydrogen-bond acceptors (Lipinski definition) is 3. The summed E-state index contributed by atoms with van der Waals surface area (Å²) in [5, 5.41) is 2.20. The number of hydrogen-bond donors (Lipinski definition) is 0. The first kappa shape index (κ1) is 16.4. The van der Waals surface area contributed by atoms with Crippen molar-refractivity contribution >= 4 is 16.7 Å². The second kappa shape index (κ2) is 7.44. The first-order chi connectivity index (χ1) is 12.3. The number of rotatable bonds is 4. The standard InChI is InChI=1S/C21H26N2O2/c24-21(23-14-10-18(11-15-23)22-12-3-4-13-22)16-25-20-9-5-7-17-6-1-2-8-19(17)20/h1-2,5-9,18H,3-4,10-16H2. The quantitative estimate of drug-likeness (QED) is 0.857. The van der Waals surface area contributed by atoms with Crippen molar-refractivity contribution in [3.05, 3.63) is 42.5 Å². The summed E-state index contributed by atoms with van der Waals surface area (Å²) in [7, 11) is 0. The van der Waals surface area contributed by atoms with E-state index in [1.54, 1.807) is 0 Å². The van der Waals surface area contributed by atoms with Crippen molar-refractivity contribution in [1.29, 1.82) is 0 Å². The van der Waals surface area contributed by atoms with Crippen LogP contribution in [0.15, 0.2) is 42.5 Å². The Morgan fingerprint density at radius 2 is 1.68 bits per heavy atom. The van der Waals surface area contributed by atoms with E-state index in [2.05, 4.69) is 17.0 Å². The predicted octanol–water partition coefficient (Wildman–Crippen LogP) is 3.31. The van der Waals surface area contributed by atoms with Gasteiger partial charge < -0.3 is 14.5 Å². The summed E-state index contributed by atoms with van der Waals surface area (Å²) in [6.07, 6.45) is 4.86. The molecule has 0 atom stereocenters. The Morgan fingerprint density at radius 3 is 2.48 bits per heavy atom. The topological polar surface area (TPSA) is 32.8 Å². The largest absolute Gasteiger partial charge is 0.483 e. The monoisotopic (exact) mass is 338 g/mol. The zero-order valence-electron chi connectivity index (χ0n) is 14.7.